The van der Waals surface area contributed by atoms with Gasteiger partial charge >= 0.3 is 0 Å². The van der Waals surface area contributed by atoms with Gasteiger partial charge in [-0.15, -0.1) is 22.7 Å². The highest BCUT2D eigenvalue weighted by Gasteiger charge is 2.21. The molecule has 0 N–H and O–H groups in total. The first-order valence-electron chi connectivity index (χ1n) is 16.1. The summed E-state index contributed by atoms with van der Waals surface area (Å²) in [6.07, 6.45) is 0. The Bertz CT molecular complexity index is 2800. The topological polar surface area (TPSA) is 4.93 Å². The van der Waals surface area contributed by atoms with E-state index in [9.17, 15) is 0 Å². The van der Waals surface area contributed by atoms with Gasteiger partial charge in [0.2, 0.25) is 0 Å². The zero-order valence-electron chi connectivity index (χ0n) is 26.0. The molecule has 0 saturated carbocycles. The van der Waals surface area contributed by atoms with Crippen LogP contribution in [0.5, 0.6) is 0 Å². The molecule has 0 unspecified atom stereocenters. The SMILES string of the molecule is Cc1ccc2c(c1)c1cc(C)ccc1n2-c1cccc2c1sc1c(-c3ccccc3)ccc(-c3ccc4sc5ccccc5c4c3)c12. The van der Waals surface area contributed by atoms with Crippen molar-refractivity contribution in [3.8, 4) is 27.9 Å². The molecule has 3 aromatic heterocycles. The van der Waals surface area contributed by atoms with E-state index in [1.807, 2.05) is 22.7 Å². The van der Waals surface area contributed by atoms with Gasteiger partial charge in [0.1, 0.15) is 0 Å². The summed E-state index contributed by atoms with van der Waals surface area (Å²) >= 11 is 3.81. The van der Waals surface area contributed by atoms with Crippen LogP contribution < -0.4 is 0 Å². The van der Waals surface area contributed by atoms with Gasteiger partial charge in [-0.25, -0.2) is 0 Å². The molecule has 0 spiro atoms. The van der Waals surface area contributed by atoms with Crippen molar-refractivity contribution in [1.82, 2.24) is 4.57 Å². The number of fused-ring (bicyclic) bond motifs is 9. The van der Waals surface area contributed by atoms with Crippen molar-refractivity contribution >= 4 is 84.8 Å². The fourth-order valence-electron chi connectivity index (χ4n) is 7.55. The van der Waals surface area contributed by atoms with Gasteiger partial charge in [-0.2, -0.15) is 0 Å². The van der Waals surface area contributed by atoms with Crippen molar-refractivity contribution in [1.29, 1.82) is 0 Å². The molecule has 3 heterocycles. The van der Waals surface area contributed by atoms with Crippen molar-refractivity contribution in [2.75, 3.05) is 0 Å². The van der Waals surface area contributed by atoms with Gasteiger partial charge in [-0.05, 0) is 84.6 Å². The minimum atomic E-state index is 1.24. The summed E-state index contributed by atoms with van der Waals surface area (Å²) in [6.45, 7) is 4.38. The molecule has 7 aromatic carbocycles. The van der Waals surface area contributed by atoms with Crippen LogP contribution in [0, 0.1) is 13.8 Å². The summed E-state index contributed by atoms with van der Waals surface area (Å²) in [7, 11) is 0. The molecule has 0 aliphatic heterocycles. The lowest BCUT2D eigenvalue weighted by atomic mass is 9.94. The Morgan fingerprint density at radius 3 is 1.89 bits per heavy atom. The summed E-state index contributed by atoms with van der Waals surface area (Å²) < 4.78 is 7.81. The summed E-state index contributed by atoms with van der Waals surface area (Å²) in [5.41, 5.74) is 11.4. The first-order valence-corrected chi connectivity index (χ1v) is 17.7. The predicted octanol–water partition coefficient (Wildman–Crippen LogP) is 13.5. The van der Waals surface area contributed by atoms with Crippen molar-refractivity contribution < 1.29 is 0 Å². The third-order valence-electron chi connectivity index (χ3n) is 9.71. The third-order valence-corrected chi connectivity index (χ3v) is 12.1. The number of aryl methyl sites for hydroxylation is 2. The largest absolute Gasteiger partial charge is 0.308 e. The maximum atomic E-state index is 2.49. The number of benzene rings is 7. The van der Waals surface area contributed by atoms with Crippen LogP contribution >= 0.6 is 22.7 Å². The van der Waals surface area contributed by atoms with Gasteiger partial charge in [0.25, 0.3) is 0 Å². The highest BCUT2D eigenvalue weighted by molar-refractivity contribution is 7.27. The number of nitrogens with zero attached hydrogens (tertiary/aromatic N) is 1. The highest BCUT2D eigenvalue weighted by atomic mass is 32.1. The second-order valence-corrected chi connectivity index (χ2v) is 14.8. The minimum absolute atomic E-state index is 1.24. The lowest BCUT2D eigenvalue weighted by Crippen LogP contribution is -1.94. The molecule has 0 fully saturated rings. The molecular formula is C44H29NS2. The third kappa shape index (κ3) is 4.00. The predicted molar refractivity (Wildman–Crippen MR) is 207 cm³/mol. The first-order chi connectivity index (χ1) is 23.1. The number of aromatic nitrogens is 1. The van der Waals surface area contributed by atoms with E-state index in [4.69, 9.17) is 0 Å². The van der Waals surface area contributed by atoms with Crippen LogP contribution in [0.2, 0.25) is 0 Å². The molecule has 0 amide bonds. The molecule has 47 heavy (non-hydrogen) atoms. The van der Waals surface area contributed by atoms with Gasteiger partial charge in [-0.3, -0.25) is 0 Å². The smallest absolute Gasteiger partial charge is 0.0640 e. The van der Waals surface area contributed by atoms with Crippen LogP contribution in [0.4, 0.5) is 0 Å². The normalized spacial score (nSPS) is 12.0. The molecule has 3 heteroatoms. The lowest BCUT2D eigenvalue weighted by molar-refractivity contribution is 1.20. The zero-order chi connectivity index (χ0) is 31.2. The van der Waals surface area contributed by atoms with Crippen LogP contribution in [0.1, 0.15) is 11.1 Å². The average molecular weight is 636 g/mol. The Morgan fingerprint density at radius 1 is 0.426 bits per heavy atom. The Hall–Kier alpha value is -5.22. The number of thiophene rings is 2. The quantitative estimate of drug-likeness (QED) is 0.182. The van der Waals surface area contributed by atoms with Gasteiger partial charge in [0.05, 0.1) is 21.4 Å². The Morgan fingerprint density at radius 2 is 1.11 bits per heavy atom. The minimum Gasteiger partial charge on any atom is -0.308 e. The molecule has 1 nitrogen and oxygen atoms in total. The summed E-state index contributed by atoms with van der Waals surface area (Å²) in [6, 6.07) is 52.0. The summed E-state index contributed by atoms with van der Waals surface area (Å²) in [4.78, 5) is 0. The van der Waals surface area contributed by atoms with E-state index in [0.717, 1.165) is 0 Å². The summed E-state index contributed by atoms with van der Waals surface area (Å²) in [5.74, 6) is 0. The van der Waals surface area contributed by atoms with Crippen LogP contribution in [-0.2, 0) is 0 Å². The van der Waals surface area contributed by atoms with E-state index in [1.165, 1.54) is 101 Å². The standard InChI is InChI=1S/C44H29NS2/c1-26-15-20-37-34(23-26)35-24-27(2)16-21-38(35)45(37)39-13-8-12-33-42-30(18-19-31(44(42)47-43(33)39)28-9-4-3-5-10-28)29-17-22-41-36(25-29)32-11-6-7-14-40(32)46-41/h3-25H,1-2H3. The van der Waals surface area contributed by atoms with Crippen molar-refractivity contribution in [2.45, 2.75) is 13.8 Å². The molecule has 0 bridgehead atoms. The van der Waals surface area contributed by atoms with E-state index in [-0.39, 0.29) is 0 Å². The molecule has 10 aromatic rings. The number of hydrogen-bond acceptors (Lipinski definition) is 2. The Kier molecular flexibility index (Phi) is 5.81. The first kappa shape index (κ1) is 26.9. The zero-order valence-corrected chi connectivity index (χ0v) is 27.7. The van der Waals surface area contributed by atoms with Crippen LogP contribution in [-0.4, -0.2) is 4.57 Å². The fraction of sp³-hybridized carbons (Fsp3) is 0.0455. The van der Waals surface area contributed by atoms with Crippen LogP contribution in [0.25, 0.3) is 90.1 Å². The van der Waals surface area contributed by atoms with Crippen LogP contribution in [0.15, 0.2) is 140 Å². The van der Waals surface area contributed by atoms with Gasteiger partial charge < -0.3 is 4.57 Å². The molecule has 0 radical (unpaired) electrons. The maximum Gasteiger partial charge on any atom is 0.0640 e. The van der Waals surface area contributed by atoms with E-state index in [2.05, 4.69) is 158 Å². The van der Waals surface area contributed by atoms with Crippen molar-refractivity contribution in [3.63, 3.8) is 0 Å². The Balaban J connectivity index is 1.32. The van der Waals surface area contributed by atoms with Crippen LogP contribution in [0.3, 0.4) is 0 Å². The molecule has 0 aliphatic rings. The van der Waals surface area contributed by atoms with E-state index < -0.39 is 0 Å². The van der Waals surface area contributed by atoms with E-state index in [0.29, 0.717) is 0 Å². The highest BCUT2D eigenvalue weighted by Crippen LogP contribution is 2.48. The van der Waals surface area contributed by atoms with Gasteiger partial charge in [0, 0.05) is 46.4 Å². The maximum absolute atomic E-state index is 2.49. The lowest BCUT2D eigenvalue weighted by Gasteiger charge is -2.11. The second-order valence-electron chi connectivity index (χ2n) is 12.7. The average Bonchev–Trinajstić information content (AvgIpc) is 3.77. The number of rotatable bonds is 3. The molecule has 0 aliphatic carbocycles. The van der Waals surface area contributed by atoms with E-state index >= 15 is 0 Å². The molecular weight excluding hydrogens is 607 g/mol. The Labute approximate surface area is 280 Å². The monoisotopic (exact) mass is 635 g/mol. The van der Waals surface area contributed by atoms with Gasteiger partial charge in [0.15, 0.2) is 0 Å². The second kappa shape index (κ2) is 10.1. The number of hydrogen-bond donors (Lipinski definition) is 0. The van der Waals surface area contributed by atoms with E-state index in [1.54, 1.807) is 0 Å². The molecule has 222 valence electrons. The van der Waals surface area contributed by atoms with Gasteiger partial charge in [-0.1, -0.05) is 102 Å². The molecule has 0 saturated heterocycles. The summed E-state index contributed by atoms with van der Waals surface area (Å²) in [5, 5.41) is 7.92. The van der Waals surface area contributed by atoms with Crippen molar-refractivity contribution in [3.05, 3.63) is 151 Å². The fourth-order valence-corrected chi connectivity index (χ4v) is 10.0. The van der Waals surface area contributed by atoms with Crippen molar-refractivity contribution in [2.24, 2.45) is 0 Å². The molecule has 0 atom stereocenters. The molecule has 10 rings (SSSR count).